The second kappa shape index (κ2) is 11.2. The number of hydrogen-bond donors (Lipinski definition) is 1. The van der Waals surface area contributed by atoms with Crippen molar-refractivity contribution in [1.29, 1.82) is 0 Å². The molecule has 0 aromatic heterocycles. The molecule has 0 unspecified atom stereocenters. The van der Waals surface area contributed by atoms with E-state index in [4.69, 9.17) is 34.8 Å². The molecule has 0 aliphatic carbocycles. The van der Waals surface area contributed by atoms with Crippen LogP contribution >= 0.6 is 34.8 Å². The summed E-state index contributed by atoms with van der Waals surface area (Å²) in [6.45, 7) is 6.46. The second-order valence-electron chi connectivity index (χ2n) is 8.87. The van der Waals surface area contributed by atoms with Gasteiger partial charge >= 0.3 is 0 Å². The molecule has 0 saturated carbocycles. The van der Waals surface area contributed by atoms with Crippen molar-refractivity contribution in [1.82, 2.24) is 10.2 Å². The molecule has 0 bridgehead atoms. The fourth-order valence-corrected chi connectivity index (χ4v) is 4.64. The standard InChI is InChI=1S/C23H28Cl3N3O4S/c1-15(22(31)27-23(2,3)4)28(13-16-9-6-7-10-17(16)24)20(30)14-29(34(5,32)33)19-12-8-11-18(25)21(19)26/h6-12,15H,13-14H2,1-5H3,(H,27,31)/t15-/m0/s1. The lowest BCUT2D eigenvalue weighted by molar-refractivity contribution is -0.140. The minimum absolute atomic E-state index is 0.00132. The van der Waals surface area contributed by atoms with Gasteiger partial charge in [0.2, 0.25) is 21.8 Å². The largest absolute Gasteiger partial charge is 0.350 e. The fraction of sp³-hybridized carbons (Fsp3) is 0.391. The lowest BCUT2D eigenvalue weighted by atomic mass is 10.1. The van der Waals surface area contributed by atoms with Crippen molar-refractivity contribution in [3.63, 3.8) is 0 Å². The third kappa shape index (κ3) is 7.50. The predicted molar refractivity (Wildman–Crippen MR) is 138 cm³/mol. The molecule has 0 aliphatic heterocycles. The summed E-state index contributed by atoms with van der Waals surface area (Å²) in [5, 5.41) is 3.41. The highest BCUT2D eigenvalue weighted by molar-refractivity contribution is 7.92. The molecule has 2 aromatic carbocycles. The van der Waals surface area contributed by atoms with Crippen LogP contribution in [0, 0.1) is 0 Å². The zero-order valence-corrected chi connectivity index (χ0v) is 22.7. The summed E-state index contributed by atoms with van der Waals surface area (Å²) in [5.41, 5.74) is 0.145. The van der Waals surface area contributed by atoms with Gasteiger partial charge in [-0.05, 0) is 51.5 Å². The molecular weight excluding hydrogens is 521 g/mol. The Morgan fingerprint density at radius 1 is 1.00 bits per heavy atom. The van der Waals surface area contributed by atoms with E-state index in [-0.39, 0.29) is 28.2 Å². The van der Waals surface area contributed by atoms with Crippen LogP contribution < -0.4 is 9.62 Å². The van der Waals surface area contributed by atoms with Gasteiger partial charge in [-0.3, -0.25) is 13.9 Å². The van der Waals surface area contributed by atoms with Gasteiger partial charge < -0.3 is 10.2 Å². The van der Waals surface area contributed by atoms with Crippen LogP contribution in [0.3, 0.4) is 0 Å². The molecule has 2 rings (SSSR count). The Kier molecular flexibility index (Phi) is 9.27. The van der Waals surface area contributed by atoms with E-state index >= 15 is 0 Å². The van der Waals surface area contributed by atoms with E-state index in [1.807, 2.05) is 20.8 Å². The molecule has 1 atom stereocenters. The first-order chi connectivity index (χ1) is 15.6. The third-order valence-electron chi connectivity index (χ3n) is 4.84. The number of nitrogens with one attached hydrogen (secondary N) is 1. The molecule has 1 N–H and O–H groups in total. The van der Waals surface area contributed by atoms with Crippen molar-refractivity contribution in [3.05, 3.63) is 63.1 Å². The van der Waals surface area contributed by atoms with Crippen LogP contribution in [0.1, 0.15) is 33.3 Å². The van der Waals surface area contributed by atoms with Gasteiger partial charge in [-0.25, -0.2) is 8.42 Å². The molecule has 0 aliphatic rings. The second-order valence-corrected chi connectivity index (χ2v) is 12.0. The maximum absolute atomic E-state index is 13.5. The number of carbonyl (C=O) groups excluding carboxylic acids is 2. The Morgan fingerprint density at radius 3 is 2.15 bits per heavy atom. The molecule has 0 fully saturated rings. The Bertz CT molecular complexity index is 1170. The van der Waals surface area contributed by atoms with Gasteiger partial charge in [0.15, 0.2) is 0 Å². The highest BCUT2D eigenvalue weighted by Crippen LogP contribution is 2.33. The molecule has 0 saturated heterocycles. The van der Waals surface area contributed by atoms with Crippen LogP contribution in [0.25, 0.3) is 0 Å². The van der Waals surface area contributed by atoms with Gasteiger partial charge in [-0.2, -0.15) is 0 Å². The maximum Gasteiger partial charge on any atom is 0.244 e. The summed E-state index contributed by atoms with van der Waals surface area (Å²) >= 11 is 18.6. The topological polar surface area (TPSA) is 86.8 Å². The SMILES string of the molecule is C[C@@H](C(=O)NC(C)(C)C)N(Cc1ccccc1Cl)C(=O)CN(c1cccc(Cl)c1Cl)S(C)(=O)=O. The Labute approximate surface area is 216 Å². The van der Waals surface area contributed by atoms with Gasteiger partial charge in [0.1, 0.15) is 12.6 Å². The van der Waals surface area contributed by atoms with Crippen LogP contribution in [-0.2, 0) is 26.2 Å². The van der Waals surface area contributed by atoms with E-state index in [0.29, 0.717) is 10.6 Å². The first-order valence-corrected chi connectivity index (χ1v) is 13.4. The molecule has 0 radical (unpaired) electrons. The molecule has 7 nitrogen and oxygen atoms in total. The van der Waals surface area contributed by atoms with Crippen molar-refractivity contribution in [2.45, 2.75) is 45.8 Å². The lowest BCUT2D eigenvalue weighted by Gasteiger charge is -2.33. The summed E-state index contributed by atoms with van der Waals surface area (Å²) in [4.78, 5) is 27.7. The summed E-state index contributed by atoms with van der Waals surface area (Å²) in [7, 11) is -3.93. The predicted octanol–water partition coefficient (Wildman–Crippen LogP) is 4.74. The van der Waals surface area contributed by atoms with Crippen LogP contribution in [0.4, 0.5) is 5.69 Å². The number of benzene rings is 2. The minimum Gasteiger partial charge on any atom is -0.350 e. The van der Waals surface area contributed by atoms with Gasteiger partial charge in [-0.15, -0.1) is 0 Å². The van der Waals surface area contributed by atoms with E-state index in [9.17, 15) is 18.0 Å². The van der Waals surface area contributed by atoms with E-state index < -0.39 is 34.1 Å². The summed E-state index contributed by atoms with van der Waals surface area (Å²) in [6.07, 6.45) is 0.964. The van der Waals surface area contributed by atoms with Crippen molar-refractivity contribution in [3.8, 4) is 0 Å². The molecule has 2 amide bonds. The van der Waals surface area contributed by atoms with E-state index in [0.717, 1.165) is 10.6 Å². The molecule has 0 spiro atoms. The molecule has 34 heavy (non-hydrogen) atoms. The zero-order valence-electron chi connectivity index (χ0n) is 19.6. The number of amides is 2. The zero-order chi connectivity index (χ0) is 25.8. The van der Waals surface area contributed by atoms with Crippen molar-refractivity contribution in [2.75, 3.05) is 17.1 Å². The molecule has 11 heteroatoms. The number of halogens is 3. The number of rotatable bonds is 8. The van der Waals surface area contributed by atoms with Gasteiger partial charge in [0, 0.05) is 17.1 Å². The van der Waals surface area contributed by atoms with E-state index in [1.165, 1.54) is 23.1 Å². The average Bonchev–Trinajstić information content (AvgIpc) is 2.71. The van der Waals surface area contributed by atoms with Crippen LogP contribution in [0.2, 0.25) is 15.1 Å². The van der Waals surface area contributed by atoms with Gasteiger partial charge in [-0.1, -0.05) is 59.1 Å². The minimum atomic E-state index is -3.93. The number of nitrogens with zero attached hydrogens (tertiary/aromatic N) is 2. The van der Waals surface area contributed by atoms with Crippen molar-refractivity contribution in [2.24, 2.45) is 0 Å². The van der Waals surface area contributed by atoms with Gasteiger partial charge in [0.25, 0.3) is 0 Å². The average molecular weight is 549 g/mol. The highest BCUT2D eigenvalue weighted by Gasteiger charge is 2.32. The first kappa shape index (κ1) is 28.2. The summed E-state index contributed by atoms with van der Waals surface area (Å²) < 4.78 is 26.1. The molecular formula is C23H28Cl3N3O4S. The third-order valence-corrected chi connectivity index (χ3v) is 7.15. The Morgan fingerprint density at radius 2 is 1.59 bits per heavy atom. The quantitative estimate of drug-likeness (QED) is 0.516. The molecule has 186 valence electrons. The number of anilines is 1. The number of sulfonamides is 1. The van der Waals surface area contributed by atoms with Crippen LogP contribution in [0.5, 0.6) is 0 Å². The van der Waals surface area contributed by atoms with Crippen LogP contribution in [0.15, 0.2) is 42.5 Å². The van der Waals surface area contributed by atoms with E-state index in [1.54, 1.807) is 31.2 Å². The van der Waals surface area contributed by atoms with Crippen LogP contribution in [-0.4, -0.2) is 49.5 Å². The fourth-order valence-electron chi connectivity index (χ4n) is 3.15. The maximum atomic E-state index is 13.5. The van der Waals surface area contributed by atoms with Crippen molar-refractivity contribution < 1.29 is 18.0 Å². The number of carbonyl (C=O) groups is 2. The van der Waals surface area contributed by atoms with Gasteiger partial charge in [0.05, 0.1) is 22.0 Å². The highest BCUT2D eigenvalue weighted by atomic mass is 35.5. The normalized spacial score (nSPS) is 12.7. The monoisotopic (exact) mass is 547 g/mol. The van der Waals surface area contributed by atoms with Crippen molar-refractivity contribution >= 4 is 62.3 Å². The summed E-state index contributed by atoms with van der Waals surface area (Å²) in [6, 6.07) is 10.5. The smallest absolute Gasteiger partial charge is 0.244 e. The lowest BCUT2D eigenvalue weighted by Crippen LogP contribution is -2.54. The molecule has 0 heterocycles. The summed E-state index contributed by atoms with van der Waals surface area (Å²) in [5.74, 6) is -1.00. The molecule has 2 aromatic rings. The Hall–Kier alpha value is -2.00. The Balaban J connectivity index is 2.47. The number of hydrogen-bond acceptors (Lipinski definition) is 4. The first-order valence-electron chi connectivity index (χ1n) is 10.4. The van der Waals surface area contributed by atoms with E-state index in [2.05, 4.69) is 5.32 Å².